The van der Waals surface area contributed by atoms with E-state index in [0.29, 0.717) is 0 Å². The molecule has 0 aliphatic carbocycles. The van der Waals surface area contributed by atoms with E-state index in [0.717, 1.165) is 27.9 Å². The molecular weight excluding hydrogens is 394 g/mol. The number of carbonyl (C=O) groups is 1. The van der Waals surface area contributed by atoms with Crippen LogP contribution in [0.1, 0.15) is 5.69 Å². The Bertz CT molecular complexity index is 1030. The van der Waals surface area contributed by atoms with E-state index in [1.807, 2.05) is 101 Å². The van der Waals surface area contributed by atoms with Crippen LogP contribution in [0.3, 0.4) is 0 Å². The number of aromatic nitrogens is 1. The van der Waals surface area contributed by atoms with Gasteiger partial charge in [-0.3, -0.25) is 4.79 Å². The van der Waals surface area contributed by atoms with Crippen LogP contribution in [0.2, 0.25) is 0 Å². The zero-order valence-corrected chi connectivity index (χ0v) is 17.1. The maximum absolute atomic E-state index is 12.6. The smallest absolute Gasteiger partial charge is 0.326 e. The van der Waals surface area contributed by atoms with Gasteiger partial charge in [0.15, 0.2) is 5.13 Å². The minimum absolute atomic E-state index is 0.118. The maximum Gasteiger partial charge on any atom is 0.326 e. The van der Waals surface area contributed by atoms with Crippen molar-refractivity contribution >= 4 is 39.5 Å². The van der Waals surface area contributed by atoms with Crippen LogP contribution in [0.5, 0.6) is 0 Å². The van der Waals surface area contributed by atoms with Crippen LogP contribution >= 0.6 is 11.3 Å². The van der Waals surface area contributed by atoms with E-state index in [-0.39, 0.29) is 19.1 Å². The average Bonchev–Trinajstić information content (AvgIpc) is 3.25. The molecule has 4 aromatic rings. The third kappa shape index (κ3) is 5.24. The van der Waals surface area contributed by atoms with E-state index in [2.05, 4.69) is 10.3 Å². The van der Waals surface area contributed by atoms with Gasteiger partial charge in [0, 0.05) is 22.4 Å². The van der Waals surface area contributed by atoms with Crippen LogP contribution in [-0.2, 0) is 16.1 Å². The number of ether oxygens (including phenoxy) is 1. The molecule has 0 radical (unpaired) electrons. The van der Waals surface area contributed by atoms with Gasteiger partial charge < -0.3 is 15.0 Å². The van der Waals surface area contributed by atoms with E-state index in [4.69, 9.17) is 4.74 Å². The van der Waals surface area contributed by atoms with E-state index >= 15 is 0 Å². The lowest BCUT2D eigenvalue weighted by atomic mass is 10.2. The lowest BCUT2D eigenvalue weighted by Crippen LogP contribution is -2.26. The number of hydrogen-bond acceptors (Lipinski definition) is 6. The predicted octanol–water partition coefficient (Wildman–Crippen LogP) is 5.77. The first-order valence-corrected chi connectivity index (χ1v) is 10.5. The van der Waals surface area contributed by atoms with Crippen LogP contribution in [0.25, 0.3) is 0 Å². The highest BCUT2D eigenvalue weighted by Crippen LogP contribution is 2.25. The van der Waals surface area contributed by atoms with Gasteiger partial charge in [0.2, 0.25) is 0 Å². The number of carbonyl (C=O) groups excluding carboxylic acids is 1. The number of nitrogens with zero attached hydrogens (tertiary/aromatic N) is 2. The second-order valence-corrected chi connectivity index (χ2v) is 7.41. The number of nitrogens with one attached hydrogen (secondary N) is 1. The van der Waals surface area contributed by atoms with Crippen molar-refractivity contribution in [3.63, 3.8) is 0 Å². The minimum Gasteiger partial charge on any atom is -0.458 e. The van der Waals surface area contributed by atoms with Gasteiger partial charge in [0.1, 0.15) is 13.2 Å². The van der Waals surface area contributed by atoms with Crippen LogP contribution < -0.4 is 10.2 Å². The summed E-state index contributed by atoms with van der Waals surface area (Å²) in [6.45, 7) is 0.260. The highest BCUT2D eigenvalue weighted by molar-refractivity contribution is 7.13. The molecule has 0 spiro atoms. The molecule has 0 aliphatic heterocycles. The van der Waals surface area contributed by atoms with Gasteiger partial charge in [-0.2, -0.15) is 0 Å². The Morgan fingerprint density at radius 1 is 0.867 bits per heavy atom. The Morgan fingerprint density at radius 2 is 1.43 bits per heavy atom. The molecule has 3 aromatic carbocycles. The standard InChI is InChI=1S/C24H21N3O2S/c28-23(16-27(21-12-6-2-7-13-21)22-14-8-3-9-15-22)29-17-20-18-30-24(26-20)25-19-10-4-1-5-11-19/h1-15,18H,16-17H2,(H,25,26). The highest BCUT2D eigenvalue weighted by atomic mass is 32.1. The monoisotopic (exact) mass is 415 g/mol. The summed E-state index contributed by atoms with van der Waals surface area (Å²) in [5, 5.41) is 5.91. The lowest BCUT2D eigenvalue weighted by molar-refractivity contribution is -0.143. The van der Waals surface area contributed by atoms with Crippen molar-refractivity contribution in [2.45, 2.75) is 6.61 Å². The molecule has 1 aromatic heterocycles. The van der Waals surface area contributed by atoms with Crippen LogP contribution in [0.15, 0.2) is 96.4 Å². The summed E-state index contributed by atoms with van der Waals surface area (Å²) >= 11 is 1.48. The number of hydrogen-bond donors (Lipinski definition) is 1. The first-order valence-electron chi connectivity index (χ1n) is 9.58. The second-order valence-electron chi connectivity index (χ2n) is 6.55. The van der Waals surface area contributed by atoms with Crippen LogP contribution in [0, 0.1) is 0 Å². The first kappa shape index (κ1) is 19.7. The van der Waals surface area contributed by atoms with Gasteiger partial charge >= 0.3 is 5.97 Å². The molecule has 0 unspecified atom stereocenters. The summed E-state index contributed by atoms with van der Waals surface area (Å²) in [5.74, 6) is -0.312. The van der Waals surface area contributed by atoms with Crippen molar-refractivity contribution in [3.05, 3.63) is 102 Å². The lowest BCUT2D eigenvalue weighted by Gasteiger charge is -2.23. The molecule has 6 heteroatoms. The van der Waals surface area contributed by atoms with Gasteiger partial charge in [-0.05, 0) is 36.4 Å². The SMILES string of the molecule is O=C(CN(c1ccccc1)c1ccccc1)OCc1csc(Nc2ccccc2)n1. The third-order valence-corrected chi connectivity index (χ3v) is 5.19. The highest BCUT2D eigenvalue weighted by Gasteiger charge is 2.15. The zero-order valence-electron chi connectivity index (χ0n) is 16.3. The fraction of sp³-hybridized carbons (Fsp3) is 0.0833. The first-order chi connectivity index (χ1) is 14.8. The molecule has 1 heterocycles. The predicted molar refractivity (Wildman–Crippen MR) is 122 cm³/mol. The number of benzene rings is 3. The van der Waals surface area contributed by atoms with Gasteiger partial charge in [0.05, 0.1) is 5.69 Å². The largest absolute Gasteiger partial charge is 0.458 e. The van der Waals surface area contributed by atoms with Crippen molar-refractivity contribution in [3.8, 4) is 0 Å². The molecular formula is C24H21N3O2S. The van der Waals surface area contributed by atoms with Gasteiger partial charge in [-0.15, -0.1) is 11.3 Å². The number of thiazole rings is 1. The van der Waals surface area contributed by atoms with E-state index in [9.17, 15) is 4.79 Å². The fourth-order valence-electron chi connectivity index (χ4n) is 2.95. The third-order valence-electron chi connectivity index (χ3n) is 4.38. The summed E-state index contributed by atoms with van der Waals surface area (Å²) in [6, 6.07) is 29.4. The van der Waals surface area contributed by atoms with Crippen LogP contribution in [0.4, 0.5) is 22.2 Å². The summed E-state index contributed by atoms with van der Waals surface area (Å²) in [6.07, 6.45) is 0. The van der Waals surface area contributed by atoms with E-state index in [1.165, 1.54) is 11.3 Å². The summed E-state index contributed by atoms with van der Waals surface area (Å²) in [5.41, 5.74) is 3.56. The second kappa shape index (κ2) is 9.71. The molecule has 0 saturated carbocycles. The van der Waals surface area contributed by atoms with E-state index < -0.39 is 0 Å². The average molecular weight is 416 g/mol. The molecule has 5 nitrogen and oxygen atoms in total. The number of anilines is 4. The minimum atomic E-state index is -0.312. The van der Waals surface area contributed by atoms with Crippen molar-refractivity contribution in [2.24, 2.45) is 0 Å². The van der Waals surface area contributed by atoms with Crippen molar-refractivity contribution in [1.82, 2.24) is 4.98 Å². The molecule has 0 atom stereocenters. The quantitative estimate of drug-likeness (QED) is 0.370. The Hall–Kier alpha value is -3.64. The molecule has 30 heavy (non-hydrogen) atoms. The molecule has 1 N–H and O–H groups in total. The van der Waals surface area contributed by atoms with Crippen LogP contribution in [-0.4, -0.2) is 17.5 Å². The maximum atomic E-state index is 12.6. The summed E-state index contributed by atoms with van der Waals surface area (Å²) in [7, 11) is 0. The number of esters is 1. The molecule has 0 aliphatic rings. The summed E-state index contributed by atoms with van der Waals surface area (Å²) in [4.78, 5) is 19.0. The van der Waals surface area contributed by atoms with Crippen molar-refractivity contribution in [1.29, 1.82) is 0 Å². The molecule has 150 valence electrons. The topological polar surface area (TPSA) is 54.5 Å². The molecule has 0 amide bonds. The normalized spacial score (nSPS) is 10.4. The Kier molecular flexibility index (Phi) is 6.37. The Labute approximate surface area is 179 Å². The van der Waals surface area contributed by atoms with Crippen molar-refractivity contribution in [2.75, 3.05) is 16.8 Å². The molecule has 0 saturated heterocycles. The number of rotatable bonds is 8. The van der Waals surface area contributed by atoms with Crippen molar-refractivity contribution < 1.29 is 9.53 Å². The number of para-hydroxylation sites is 3. The Balaban J connectivity index is 1.37. The van der Waals surface area contributed by atoms with Gasteiger partial charge in [-0.1, -0.05) is 54.6 Å². The molecule has 0 bridgehead atoms. The Morgan fingerprint density at radius 3 is 2.03 bits per heavy atom. The van der Waals surface area contributed by atoms with E-state index in [1.54, 1.807) is 0 Å². The molecule has 4 rings (SSSR count). The summed E-state index contributed by atoms with van der Waals surface area (Å²) < 4.78 is 5.50. The zero-order chi connectivity index (χ0) is 20.6. The molecule has 0 fully saturated rings. The van der Waals surface area contributed by atoms with Gasteiger partial charge in [-0.25, -0.2) is 4.98 Å². The van der Waals surface area contributed by atoms with Gasteiger partial charge in [0.25, 0.3) is 0 Å². The fourth-order valence-corrected chi connectivity index (χ4v) is 3.67.